The van der Waals surface area contributed by atoms with Gasteiger partial charge in [0.15, 0.2) is 11.7 Å². The molecule has 1 heterocycles. The van der Waals surface area contributed by atoms with E-state index in [1.807, 2.05) is 19.1 Å². The third-order valence-corrected chi connectivity index (χ3v) is 4.83. The van der Waals surface area contributed by atoms with Crippen molar-refractivity contribution in [2.75, 3.05) is 6.54 Å². The number of hydrogen-bond donors (Lipinski definition) is 2. The van der Waals surface area contributed by atoms with Crippen LogP contribution in [0.5, 0.6) is 0 Å². The van der Waals surface area contributed by atoms with Gasteiger partial charge in [-0.25, -0.2) is 4.98 Å². The Hall–Kier alpha value is -1.27. The van der Waals surface area contributed by atoms with Crippen molar-refractivity contribution in [3.63, 3.8) is 0 Å². The number of carbonyl (C=O) groups is 1. The fourth-order valence-corrected chi connectivity index (χ4v) is 2.94. The van der Waals surface area contributed by atoms with Gasteiger partial charge in [0.1, 0.15) is 0 Å². The number of amides is 1. The van der Waals surface area contributed by atoms with E-state index in [4.69, 9.17) is 21.8 Å². The van der Waals surface area contributed by atoms with Gasteiger partial charge < -0.3 is 15.5 Å². The number of nitrogens with zero attached hydrogens (tertiary/aromatic N) is 1. The molecule has 1 aliphatic carbocycles. The molecule has 1 aromatic carbocycles. The van der Waals surface area contributed by atoms with Crippen molar-refractivity contribution in [3.05, 3.63) is 41.4 Å². The molecule has 8 heteroatoms. The Labute approximate surface area is 170 Å². The summed E-state index contributed by atoms with van der Waals surface area (Å²) in [5, 5.41) is 3.75. The van der Waals surface area contributed by atoms with Crippen LogP contribution in [0.1, 0.15) is 32.1 Å². The Morgan fingerprint density at radius 2 is 2.00 bits per heavy atom. The van der Waals surface area contributed by atoms with Crippen LogP contribution in [-0.4, -0.2) is 23.0 Å². The van der Waals surface area contributed by atoms with Gasteiger partial charge in [-0.2, -0.15) is 0 Å². The molecule has 0 radical (unpaired) electrons. The number of hydrogen-bond acceptors (Lipinski definition) is 4. The maximum atomic E-state index is 12.2. The van der Waals surface area contributed by atoms with Crippen LogP contribution in [0.15, 0.2) is 34.9 Å². The number of rotatable bonds is 7. The van der Waals surface area contributed by atoms with Crippen LogP contribution in [0.4, 0.5) is 0 Å². The zero-order valence-electron chi connectivity index (χ0n) is 14.5. The smallest absolute Gasteiger partial charge is 0.220 e. The van der Waals surface area contributed by atoms with Crippen LogP contribution in [0.25, 0.3) is 11.3 Å². The lowest BCUT2D eigenvalue weighted by molar-refractivity contribution is -0.123. The summed E-state index contributed by atoms with van der Waals surface area (Å²) in [6, 6.07) is 7.36. The number of halogens is 3. The lowest BCUT2D eigenvalue weighted by atomic mass is 9.95. The maximum Gasteiger partial charge on any atom is 0.220 e. The maximum absolute atomic E-state index is 12.2. The predicted molar refractivity (Wildman–Crippen MR) is 108 cm³/mol. The molecule has 1 aliphatic rings. The number of oxazole rings is 1. The molecule has 0 aliphatic heterocycles. The predicted octanol–water partition coefficient (Wildman–Crippen LogP) is 4.01. The lowest BCUT2D eigenvalue weighted by Gasteiger charge is -2.29. The van der Waals surface area contributed by atoms with E-state index >= 15 is 0 Å². The number of aromatic nitrogens is 1. The van der Waals surface area contributed by atoms with Crippen LogP contribution in [0.2, 0.25) is 5.02 Å². The van der Waals surface area contributed by atoms with Gasteiger partial charge in [0.05, 0.1) is 11.7 Å². The fourth-order valence-electron chi connectivity index (χ4n) is 2.82. The molecule has 1 unspecified atom stereocenters. The number of nitrogens with two attached hydrogens (primary N) is 1. The summed E-state index contributed by atoms with van der Waals surface area (Å²) in [7, 11) is 0. The first-order valence-electron chi connectivity index (χ1n) is 8.22. The van der Waals surface area contributed by atoms with Gasteiger partial charge in [0.2, 0.25) is 5.91 Å². The second kappa shape index (κ2) is 9.60. The zero-order chi connectivity index (χ0) is 17.2. The highest BCUT2D eigenvalue weighted by Crippen LogP contribution is 2.39. The highest BCUT2D eigenvalue weighted by Gasteiger charge is 2.41. The summed E-state index contributed by atoms with van der Waals surface area (Å²) in [4.78, 5) is 16.4. The van der Waals surface area contributed by atoms with Gasteiger partial charge in [-0.1, -0.05) is 11.6 Å². The van der Waals surface area contributed by atoms with E-state index in [0.717, 1.165) is 18.4 Å². The summed E-state index contributed by atoms with van der Waals surface area (Å²) in [5.74, 6) is 1.72. The van der Waals surface area contributed by atoms with Gasteiger partial charge in [-0.3, -0.25) is 4.79 Å². The Kier molecular flexibility index (Phi) is 8.41. The van der Waals surface area contributed by atoms with Gasteiger partial charge in [0, 0.05) is 30.0 Å². The minimum absolute atomic E-state index is 0. The molecule has 5 nitrogen and oxygen atoms in total. The van der Waals surface area contributed by atoms with Gasteiger partial charge >= 0.3 is 0 Å². The highest BCUT2D eigenvalue weighted by molar-refractivity contribution is 6.30. The highest BCUT2D eigenvalue weighted by atomic mass is 35.5. The van der Waals surface area contributed by atoms with Crippen molar-refractivity contribution >= 4 is 42.3 Å². The molecule has 144 valence electrons. The molecule has 1 atom stereocenters. The van der Waals surface area contributed by atoms with Crippen molar-refractivity contribution in [3.8, 4) is 11.3 Å². The molecule has 1 amide bonds. The standard InChI is InChI=1S/C18H22ClN3O2.2ClH/c1-18(11-20,13-4-5-13)22-16(23)8-9-17-21-10-15(24-17)12-2-6-14(19)7-3-12;;/h2-3,6-7,10,13H,4-5,8-9,11,20H2,1H3,(H,22,23);2*1H. The summed E-state index contributed by atoms with van der Waals surface area (Å²) in [5.41, 5.74) is 6.45. The molecule has 1 saturated carbocycles. The molecule has 3 N–H and O–H groups in total. The topological polar surface area (TPSA) is 81.1 Å². The van der Waals surface area contributed by atoms with Crippen molar-refractivity contribution in [2.45, 2.75) is 38.1 Å². The third-order valence-electron chi connectivity index (χ3n) is 4.58. The molecule has 3 rings (SSSR count). The first kappa shape index (κ1) is 22.8. The Bertz CT molecular complexity index is 717. The van der Waals surface area contributed by atoms with Gasteiger partial charge in [-0.15, -0.1) is 24.8 Å². The first-order chi connectivity index (χ1) is 11.5. The van der Waals surface area contributed by atoms with Crippen molar-refractivity contribution in [1.29, 1.82) is 0 Å². The average molecular weight is 421 g/mol. The third kappa shape index (κ3) is 5.61. The molecule has 0 saturated heterocycles. The second-order valence-corrected chi connectivity index (χ2v) is 7.01. The summed E-state index contributed by atoms with van der Waals surface area (Å²) in [6.07, 6.45) is 4.74. The Balaban J connectivity index is 0.00000169. The molecule has 0 bridgehead atoms. The van der Waals surface area contributed by atoms with Crippen LogP contribution >= 0.6 is 36.4 Å². The fraction of sp³-hybridized carbons (Fsp3) is 0.444. The van der Waals surface area contributed by atoms with Gasteiger partial charge in [0.25, 0.3) is 0 Å². The number of benzene rings is 1. The molecule has 2 aromatic rings. The van der Waals surface area contributed by atoms with E-state index in [1.165, 1.54) is 0 Å². The number of aryl methyl sites for hydroxylation is 1. The zero-order valence-corrected chi connectivity index (χ0v) is 16.9. The molecule has 26 heavy (non-hydrogen) atoms. The molecule has 1 fully saturated rings. The van der Waals surface area contributed by atoms with E-state index in [0.29, 0.717) is 42.0 Å². The minimum atomic E-state index is -0.290. The van der Waals surface area contributed by atoms with Crippen LogP contribution in [0, 0.1) is 5.92 Å². The summed E-state index contributed by atoms with van der Waals surface area (Å²) < 4.78 is 5.72. The first-order valence-corrected chi connectivity index (χ1v) is 8.60. The van der Waals surface area contributed by atoms with E-state index in [-0.39, 0.29) is 36.3 Å². The van der Waals surface area contributed by atoms with E-state index in [2.05, 4.69) is 10.3 Å². The quantitative estimate of drug-likeness (QED) is 0.709. The molecule has 0 spiro atoms. The minimum Gasteiger partial charge on any atom is -0.441 e. The second-order valence-electron chi connectivity index (χ2n) is 6.57. The molecular formula is C18H24Cl3N3O2. The number of nitrogens with one attached hydrogen (secondary N) is 1. The van der Waals surface area contributed by atoms with Crippen LogP contribution < -0.4 is 11.1 Å². The Morgan fingerprint density at radius 3 is 2.58 bits per heavy atom. The molecule has 1 aromatic heterocycles. The van der Waals surface area contributed by atoms with Gasteiger partial charge in [-0.05, 0) is 49.9 Å². The number of carbonyl (C=O) groups excluding carboxylic acids is 1. The van der Waals surface area contributed by atoms with Crippen molar-refractivity contribution in [1.82, 2.24) is 10.3 Å². The Morgan fingerprint density at radius 1 is 1.35 bits per heavy atom. The van der Waals surface area contributed by atoms with Crippen LogP contribution in [0.3, 0.4) is 0 Å². The summed E-state index contributed by atoms with van der Waals surface area (Å²) >= 11 is 5.88. The average Bonchev–Trinajstić information content (AvgIpc) is 3.33. The van der Waals surface area contributed by atoms with Crippen molar-refractivity contribution in [2.24, 2.45) is 11.7 Å². The van der Waals surface area contributed by atoms with E-state index in [1.54, 1.807) is 18.3 Å². The SMILES string of the molecule is CC(CN)(NC(=O)CCc1ncc(-c2ccc(Cl)cc2)o1)C1CC1.Cl.Cl. The lowest BCUT2D eigenvalue weighted by Crippen LogP contribution is -2.53. The van der Waals surface area contributed by atoms with E-state index in [9.17, 15) is 4.79 Å². The normalized spacial score (nSPS) is 15.3. The monoisotopic (exact) mass is 419 g/mol. The summed E-state index contributed by atoms with van der Waals surface area (Å²) in [6.45, 7) is 2.48. The largest absolute Gasteiger partial charge is 0.441 e. The van der Waals surface area contributed by atoms with Crippen molar-refractivity contribution < 1.29 is 9.21 Å². The molecular weight excluding hydrogens is 397 g/mol. The van der Waals surface area contributed by atoms with Crippen LogP contribution in [-0.2, 0) is 11.2 Å². The van der Waals surface area contributed by atoms with E-state index < -0.39 is 0 Å².